The topological polar surface area (TPSA) is 60.2 Å². The van der Waals surface area contributed by atoms with Crippen molar-refractivity contribution in [1.82, 2.24) is 4.98 Å². The van der Waals surface area contributed by atoms with Crippen LogP contribution in [-0.2, 0) is 5.41 Å². The van der Waals surface area contributed by atoms with Gasteiger partial charge in [0.25, 0.3) is 0 Å². The van der Waals surface area contributed by atoms with E-state index < -0.39 is 0 Å². The molecule has 3 N–H and O–H groups in total. The van der Waals surface area contributed by atoms with Crippen molar-refractivity contribution >= 4 is 16.7 Å². The highest BCUT2D eigenvalue weighted by Crippen LogP contribution is 2.33. The summed E-state index contributed by atoms with van der Waals surface area (Å²) < 4.78 is 5.32. The van der Waals surface area contributed by atoms with E-state index in [9.17, 15) is 0 Å². The summed E-state index contributed by atoms with van der Waals surface area (Å²) in [5, 5.41) is 1.07. The summed E-state index contributed by atoms with van der Waals surface area (Å²) >= 11 is 0. The number of aryl methyl sites for hydroxylation is 1. The first-order valence-corrected chi connectivity index (χ1v) is 6.33. The van der Waals surface area contributed by atoms with Crippen LogP contribution in [0.5, 0.6) is 5.75 Å². The van der Waals surface area contributed by atoms with Gasteiger partial charge in [-0.15, -0.1) is 0 Å². The summed E-state index contributed by atoms with van der Waals surface area (Å²) in [6.45, 7) is 8.45. The molecule has 2 aromatic rings. The molecule has 0 aliphatic heterocycles. The molecule has 1 heterocycles. The maximum absolute atomic E-state index is 5.61. The van der Waals surface area contributed by atoms with Crippen LogP contribution in [0.2, 0.25) is 0 Å². The smallest absolute Gasteiger partial charge is 0.144 e. The van der Waals surface area contributed by atoms with Gasteiger partial charge in [-0.3, -0.25) is 0 Å². The number of benzene rings is 1. The predicted octanol–water partition coefficient (Wildman–Crippen LogP) is 3.13. The minimum atomic E-state index is -0.0279. The lowest BCUT2D eigenvalue weighted by Gasteiger charge is -2.22. The number of ether oxygens (including phenoxy) is 1. The van der Waals surface area contributed by atoms with Crippen LogP contribution in [0.15, 0.2) is 18.2 Å². The zero-order valence-corrected chi connectivity index (χ0v) is 12.2. The number of hydrazine groups is 1. The number of hydrogen-bond acceptors (Lipinski definition) is 4. The van der Waals surface area contributed by atoms with Gasteiger partial charge < -0.3 is 10.2 Å². The third-order valence-corrected chi connectivity index (χ3v) is 3.26. The Morgan fingerprint density at radius 2 is 1.89 bits per heavy atom. The van der Waals surface area contributed by atoms with E-state index in [4.69, 9.17) is 10.6 Å². The van der Waals surface area contributed by atoms with Crippen molar-refractivity contribution in [2.24, 2.45) is 5.84 Å². The fourth-order valence-electron chi connectivity index (χ4n) is 2.23. The summed E-state index contributed by atoms with van der Waals surface area (Å²) in [6, 6.07) is 6.12. The maximum Gasteiger partial charge on any atom is 0.144 e. The molecule has 0 amide bonds. The second kappa shape index (κ2) is 4.70. The number of nitrogens with one attached hydrogen (secondary N) is 1. The normalized spacial score (nSPS) is 11.7. The van der Waals surface area contributed by atoms with Gasteiger partial charge in [-0.25, -0.2) is 10.8 Å². The van der Waals surface area contributed by atoms with E-state index in [2.05, 4.69) is 37.2 Å². The van der Waals surface area contributed by atoms with Crippen LogP contribution in [0.3, 0.4) is 0 Å². The zero-order valence-electron chi connectivity index (χ0n) is 12.2. The SMILES string of the molecule is COc1cc(C)c2nc(NN)c(C(C)(C)C)cc2c1. The predicted molar refractivity (Wildman–Crippen MR) is 79.5 cm³/mol. The summed E-state index contributed by atoms with van der Waals surface area (Å²) in [5.74, 6) is 7.18. The molecule has 0 unspecified atom stereocenters. The molecule has 0 saturated heterocycles. The Morgan fingerprint density at radius 3 is 2.42 bits per heavy atom. The molecular formula is C15H21N3O. The Hall–Kier alpha value is -1.81. The molecule has 0 atom stereocenters. The third-order valence-electron chi connectivity index (χ3n) is 3.26. The van der Waals surface area contributed by atoms with E-state index in [1.165, 1.54) is 0 Å². The van der Waals surface area contributed by atoms with E-state index in [1.807, 2.05) is 19.1 Å². The van der Waals surface area contributed by atoms with Crippen LogP contribution < -0.4 is 16.0 Å². The number of aromatic nitrogens is 1. The summed E-state index contributed by atoms with van der Waals surface area (Å²) in [4.78, 5) is 4.64. The van der Waals surface area contributed by atoms with E-state index in [0.29, 0.717) is 0 Å². The Morgan fingerprint density at radius 1 is 1.21 bits per heavy atom. The number of fused-ring (bicyclic) bond motifs is 1. The zero-order chi connectivity index (χ0) is 14.2. The van der Waals surface area contributed by atoms with Gasteiger partial charge in [0.2, 0.25) is 0 Å². The summed E-state index contributed by atoms with van der Waals surface area (Å²) in [7, 11) is 1.68. The number of pyridine rings is 1. The average molecular weight is 259 g/mol. The summed E-state index contributed by atoms with van der Waals surface area (Å²) in [6.07, 6.45) is 0. The molecule has 1 aromatic heterocycles. The molecular weight excluding hydrogens is 238 g/mol. The van der Waals surface area contributed by atoms with Gasteiger partial charge in [0.05, 0.1) is 12.6 Å². The Labute approximate surface area is 113 Å². The van der Waals surface area contributed by atoms with Gasteiger partial charge in [0.15, 0.2) is 0 Å². The van der Waals surface area contributed by atoms with Gasteiger partial charge in [0.1, 0.15) is 11.6 Å². The van der Waals surface area contributed by atoms with E-state index in [-0.39, 0.29) is 5.41 Å². The van der Waals surface area contributed by atoms with E-state index >= 15 is 0 Å². The number of anilines is 1. The van der Waals surface area contributed by atoms with Crippen molar-refractivity contribution in [1.29, 1.82) is 0 Å². The lowest BCUT2D eigenvalue weighted by Crippen LogP contribution is -2.19. The monoisotopic (exact) mass is 259 g/mol. The number of methoxy groups -OCH3 is 1. The third kappa shape index (κ3) is 2.49. The number of rotatable bonds is 2. The first-order valence-electron chi connectivity index (χ1n) is 6.33. The molecule has 0 spiro atoms. The van der Waals surface area contributed by atoms with Gasteiger partial charge in [-0.05, 0) is 36.1 Å². The van der Waals surface area contributed by atoms with Crippen molar-refractivity contribution in [2.75, 3.05) is 12.5 Å². The van der Waals surface area contributed by atoms with Crippen molar-refractivity contribution < 1.29 is 4.74 Å². The molecule has 0 fully saturated rings. The number of nitrogens with zero attached hydrogens (tertiary/aromatic N) is 1. The lowest BCUT2D eigenvalue weighted by atomic mass is 9.86. The minimum Gasteiger partial charge on any atom is -0.497 e. The van der Waals surface area contributed by atoms with Crippen LogP contribution >= 0.6 is 0 Å². The molecule has 0 bridgehead atoms. The minimum absolute atomic E-state index is 0.0279. The Balaban J connectivity index is 2.78. The molecule has 19 heavy (non-hydrogen) atoms. The molecule has 0 saturated carbocycles. The quantitative estimate of drug-likeness (QED) is 0.642. The molecule has 102 valence electrons. The molecule has 0 radical (unpaired) electrons. The van der Waals surface area contributed by atoms with Crippen LogP contribution in [0.1, 0.15) is 31.9 Å². The van der Waals surface area contributed by atoms with Gasteiger partial charge in [0, 0.05) is 10.9 Å². The average Bonchev–Trinajstić information content (AvgIpc) is 2.36. The molecule has 4 nitrogen and oxygen atoms in total. The van der Waals surface area contributed by atoms with Gasteiger partial charge >= 0.3 is 0 Å². The first-order chi connectivity index (χ1) is 8.86. The van der Waals surface area contributed by atoms with Gasteiger partial charge in [-0.1, -0.05) is 20.8 Å². The molecule has 1 aromatic carbocycles. The second-order valence-electron chi connectivity index (χ2n) is 5.79. The van der Waals surface area contributed by atoms with Crippen LogP contribution in [0.25, 0.3) is 10.9 Å². The van der Waals surface area contributed by atoms with Crippen molar-refractivity contribution in [3.05, 3.63) is 29.3 Å². The van der Waals surface area contributed by atoms with E-state index in [1.54, 1.807) is 7.11 Å². The van der Waals surface area contributed by atoms with Gasteiger partial charge in [-0.2, -0.15) is 0 Å². The van der Waals surface area contributed by atoms with Crippen LogP contribution in [0.4, 0.5) is 5.82 Å². The fraction of sp³-hybridized carbons (Fsp3) is 0.400. The second-order valence-corrected chi connectivity index (χ2v) is 5.79. The number of nitrogen functional groups attached to an aromatic ring is 1. The standard InChI is InChI=1S/C15H21N3O/c1-9-6-11(19-5)7-10-8-12(15(2,3)4)14(18-16)17-13(9)10/h6-8H,16H2,1-5H3,(H,17,18). The van der Waals surface area contributed by atoms with Crippen LogP contribution in [0, 0.1) is 6.92 Å². The molecule has 0 aliphatic rings. The first kappa shape index (κ1) is 13.6. The number of nitrogens with two attached hydrogens (primary N) is 1. The molecule has 4 heteroatoms. The maximum atomic E-state index is 5.61. The van der Waals surface area contributed by atoms with Crippen molar-refractivity contribution in [3.63, 3.8) is 0 Å². The van der Waals surface area contributed by atoms with Crippen LogP contribution in [-0.4, -0.2) is 12.1 Å². The molecule has 0 aliphatic carbocycles. The van der Waals surface area contributed by atoms with Crippen molar-refractivity contribution in [3.8, 4) is 5.75 Å². The van der Waals surface area contributed by atoms with Crippen molar-refractivity contribution in [2.45, 2.75) is 33.1 Å². The fourth-order valence-corrected chi connectivity index (χ4v) is 2.23. The molecule has 2 rings (SSSR count). The lowest BCUT2D eigenvalue weighted by molar-refractivity contribution is 0.415. The van der Waals surface area contributed by atoms with E-state index in [0.717, 1.165) is 33.6 Å². The Kier molecular flexibility index (Phi) is 3.37. The Bertz CT molecular complexity index is 615. The highest BCUT2D eigenvalue weighted by Gasteiger charge is 2.20. The summed E-state index contributed by atoms with van der Waals surface area (Å²) in [5.41, 5.74) is 5.79. The number of hydrogen-bond donors (Lipinski definition) is 2. The largest absolute Gasteiger partial charge is 0.497 e. The highest BCUT2D eigenvalue weighted by molar-refractivity contribution is 5.86. The highest BCUT2D eigenvalue weighted by atomic mass is 16.5.